The Hall–Kier alpha value is -2.55. The van der Waals surface area contributed by atoms with Crippen molar-refractivity contribution >= 4 is 27.6 Å². The summed E-state index contributed by atoms with van der Waals surface area (Å²) in [5, 5.41) is 4.32. The lowest BCUT2D eigenvalue weighted by atomic mass is 9.93. The van der Waals surface area contributed by atoms with E-state index < -0.39 is 5.92 Å². The van der Waals surface area contributed by atoms with Gasteiger partial charge in [-0.25, -0.2) is 18.7 Å². The zero-order chi connectivity index (χ0) is 24.2. The molecule has 6 nitrogen and oxygen atoms in total. The lowest BCUT2D eigenvalue weighted by Crippen LogP contribution is -2.40. The zero-order valence-corrected chi connectivity index (χ0v) is 21.3. The predicted octanol–water partition coefficient (Wildman–Crippen LogP) is 6.49. The molecule has 35 heavy (non-hydrogen) atoms. The summed E-state index contributed by atoms with van der Waals surface area (Å²) >= 11 is 3.63. The lowest BCUT2D eigenvalue weighted by Gasteiger charge is -2.34. The van der Waals surface area contributed by atoms with Crippen LogP contribution in [0, 0.1) is 12.3 Å². The van der Waals surface area contributed by atoms with Crippen LogP contribution in [0.5, 0.6) is 0 Å². The Labute approximate surface area is 211 Å². The third-order valence-corrected chi connectivity index (χ3v) is 8.23. The van der Waals surface area contributed by atoms with Crippen molar-refractivity contribution in [1.82, 2.24) is 15.1 Å². The summed E-state index contributed by atoms with van der Waals surface area (Å²) in [5.41, 5.74) is 4.76. The standard InChI is InChI=1S/C26H28BrF2N5O/c1-17-14-20(31-24(30-17)34-12-8-26(28,29)9-13-34)21-16-23(35-32-21)19-3-2-18(27)15-22(19)33-10-6-25(4-5-25)7-11-33/h2-3,14-16H,4-13H2,1H3. The van der Waals surface area contributed by atoms with E-state index in [1.54, 1.807) is 0 Å². The van der Waals surface area contributed by atoms with Crippen LogP contribution in [0.15, 0.2) is 39.3 Å². The smallest absolute Gasteiger partial charge is 0.251 e. The lowest BCUT2D eigenvalue weighted by molar-refractivity contribution is -0.0222. The van der Waals surface area contributed by atoms with E-state index in [4.69, 9.17) is 4.52 Å². The van der Waals surface area contributed by atoms with E-state index in [9.17, 15) is 8.78 Å². The molecule has 3 aromatic rings. The summed E-state index contributed by atoms with van der Waals surface area (Å²) in [7, 11) is 0. The van der Waals surface area contributed by atoms with Crippen molar-refractivity contribution in [1.29, 1.82) is 0 Å². The van der Waals surface area contributed by atoms with Crippen LogP contribution in [-0.2, 0) is 0 Å². The highest BCUT2D eigenvalue weighted by atomic mass is 79.9. The molecule has 6 rings (SSSR count). The van der Waals surface area contributed by atoms with Gasteiger partial charge in [-0.05, 0) is 62.3 Å². The van der Waals surface area contributed by atoms with Crippen LogP contribution in [0.25, 0.3) is 22.7 Å². The first-order valence-electron chi connectivity index (χ1n) is 12.3. The van der Waals surface area contributed by atoms with Gasteiger partial charge in [0.05, 0.1) is 5.69 Å². The van der Waals surface area contributed by atoms with E-state index >= 15 is 0 Å². The summed E-state index contributed by atoms with van der Waals surface area (Å²) < 4.78 is 34.1. The fourth-order valence-electron chi connectivity index (χ4n) is 5.26. The molecule has 3 fully saturated rings. The van der Waals surface area contributed by atoms with E-state index in [1.165, 1.54) is 25.7 Å². The molecular weight excluding hydrogens is 516 g/mol. The van der Waals surface area contributed by atoms with Crippen molar-refractivity contribution in [2.45, 2.75) is 51.4 Å². The average Bonchev–Trinajstić information content (AvgIpc) is 3.39. The van der Waals surface area contributed by atoms with Crippen LogP contribution < -0.4 is 9.80 Å². The second-order valence-corrected chi connectivity index (χ2v) is 11.2. The maximum absolute atomic E-state index is 13.6. The van der Waals surface area contributed by atoms with Crippen molar-refractivity contribution in [2.24, 2.45) is 5.41 Å². The number of anilines is 2. The molecular formula is C26H28BrF2N5O. The van der Waals surface area contributed by atoms with E-state index in [-0.39, 0.29) is 25.9 Å². The average molecular weight is 544 g/mol. The third-order valence-electron chi connectivity index (χ3n) is 7.74. The van der Waals surface area contributed by atoms with E-state index in [1.807, 2.05) is 30.0 Å². The first-order chi connectivity index (χ1) is 16.8. The molecule has 1 spiro atoms. The Kier molecular flexibility index (Phi) is 5.58. The number of benzene rings is 1. The summed E-state index contributed by atoms with van der Waals surface area (Å²) in [6, 6.07) is 10.0. The SMILES string of the molecule is Cc1cc(-c2cc(-c3ccc(Br)cc3N3CCC4(CC3)CC4)on2)nc(N2CCC(F)(F)CC2)n1. The third kappa shape index (κ3) is 4.67. The molecule has 1 aliphatic carbocycles. The Balaban J connectivity index is 1.28. The van der Waals surface area contributed by atoms with Crippen molar-refractivity contribution < 1.29 is 13.3 Å². The number of piperidine rings is 2. The highest BCUT2D eigenvalue weighted by Gasteiger charge is 2.44. The molecule has 0 atom stereocenters. The van der Waals surface area contributed by atoms with Crippen LogP contribution >= 0.6 is 15.9 Å². The van der Waals surface area contributed by atoms with Crippen molar-refractivity contribution in [2.75, 3.05) is 36.0 Å². The largest absolute Gasteiger partial charge is 0.371 e. The minimum Gasteiger partial charge on any atom is -0.371 e. The molecule has 1 saturated carbocycles. The predicted molar refractivity (Wildman–Crippen MR) is 135 cm³/mol. The topological polar surface area (TPSA) is 58.3 Å². The summed E-state index contributed by atoms with van der Waals surface area (Å²) in [6.45, 7) is 4.45. The first kappa shape index (κ1) is 22.9. The van der Waals surface area contributed by atoms with Gasteiger partial charge >= 0.3 is 0 Å². The molecule has 2 aromatic heterocycles. The molecule has 0 N–H and O–H groups in total. The van der Waals surface area contributed by atoms with Gasteiger partial charge in [-0.2, -0.15) is 0 Å². The van der Waals surface area contributed by atoms with Crippen LogP contribution in [0.4, 0.5) is 20.4 Å². The van der Waals surface area contributed by atoms with E-state index in [0.29, 0.717) is 28.5 Å². The quantitative estimate of drug-likeness (QED) is 0.375. The summed E-state index contributed by atoms with van der Waals surface area (Å²) in [4.78, 5) is 13.4. The molecule has 1 aromatic carbocycles. The number of halogens is 3. The first-order valence-corrected chi connectivity index (χ1v) is 13.1. The maximum Gasteiger partial charge on any atom is 0.251 e. The maximum atomic E-state index is 13.6. The van der Waals surface area contributed by atoms with Crippen LogP contribution in [0.3, 0.4) is 0 Å². The van der Waals surface area contributed by atoms with Gasteiger partial charge in [0, 0.05) is 66.5 Å². The van der Waals surface area contributed by atoms with E-state index in [0.717, 1.165) is 34.5 Å². The number of nitrogens with zero attached hydrogens (tertiary/aromatic N) is 5. The minimum absolute atomic E-state index is 0.183. The van der Waals surface area contributed by atoms with Gasteiger partial charge in [0.15, 0.2) is 5.76 Å². The van der Waals surface area contributed by atoms with Gasteiger partial charge in [0.1, 0.15) is 5.69 Å². The molecule has 3 aliphatic rings. The Morgan fingerprint density at radius 3 is 2.29 bits per heavy atom. The van der Waals surface area contributed by atoms with E-state index in [2.05, 4.69) is 48.1 Å². The van der Waals surface area contributed by atoms with Crippen LogP contribution in [0.2, 0.25) is 0 Å². The van der Waals surface area contributed by atoms with Gasteiger partial charge in [-0.15, -0.1) is 0 Å². The normalized spacial score (nSPS) is 20.9. The minimum atomic E-state index is -2.61. The number of hydrogen-bond acceptors (Lipinski definition) is 6. The Morgan fingerprint density at radius 2 is 1.57 bits per heavy atom. The summed E-state index contributed by atoms with van der Waals surface area (Å²) in [5.74, 6) is -1.46. The van der Waals surface area contributed by atoms with Crippen molar-refractivity contribution in [3.05, 3.63) is 40.5 Å². The fraction of sp³-hybridized carbons (Fsp3) is 0.500. The molecule has 0 unspecified atom stereocenters. The molecule has 184 valence electrons. The number of aryl methyl sites for hydroxylation is 1. The molecule has 2 saturated heterocycles. The number of rotatable bonds is 4. The zero-order valence-electron chi connectivity index (χ0n) is 19.7. The van der Waals surface area contributed by atoms with Crippen molar-refractivity contribution in [3.8, 4) is 22.7 Å². The van der Waals surface area contributed by atoms with Crippen molar-refractivity contribution in [3.63, 3.8) is 0 Å². The highest BCUT2D eigenvalue weighted by molar-refractivity contribution is 9.10. The van der Waals surface area contributed by atoms with Gasteiger partial charge in [-0.3, -0.25) is 0 Å². The number of alkyl halides is 2. The number of hydrogen-bond donors (Lipinski definition) is 0. The molecule has 9 heteroatoms. The second kappa shape index (κ2) is 8.54. The molecule has 2 aliphatic heterocycles. The van der Waals surface area contributed by atoms with Gasteiger partial charge < -0.3 is 14.3 Å². The molecule has 4 heterocycles. The second-order valence-electron chi connectivity index (χ2n) is 10.3. The molecule has 0 amide bonds. The highest BCUT2D eigenvalue weighted by Crippen LogP contribution is 2.54. The van der Waals surface area contributed by atoms with Gasteiger partial charge in [0.2, 0.25) is 5.95 Å². The summed E-state index contributed by atoms with van der Waals surface area (Å²) in [6.07, 6.45) is 4.86. The molecule has 0 radical (unpaired) electrons. The number of aromatic nitrogens is 3. The van der Waals surface area contributed by atoms with Crippen LogP contribution in [-0.4, -0.2) is 47.2 Å². The van der Waals surface area contributed by atoms with Crippen LogP contribution in [0.1, 0.15) is 44.2 Å². The van der Waals surface area contributed by atoms with Gasteiger partial charge in [0.25, 0.3) is 5.92 Å². The fourth-order valence-corrected chi connectivity index (χ4v) is 5.60. The Bertz CT molecular complexity index is 1240. The van der Waals surface area contributed by atoms with Gasteiger partial charge in [-0.1, -0.05) is 21.1 Å². The Morgan fingerprint density at radius 1 is 0.857 bits per heavy atom. The monoisotopic (exact) mass is 543 g/mol. The molecule has 0 bridgehead atoms.